The summed E-state index contributed by atoms with van der Waals surface area (Å²) in [6, 6.07) is 3.86. The van der Waals surface area contributed by atoms with E-state index in [1.54, 1.807) is 9.47 Å². The molecule has 0 bridgehead atoms. The molecule has 2 aromatic heterocycles. The van der Waals surface area contributed by atoms with Gasteiger partial charge in [0.25, 0.3) is 11.8 Å². The van der Waals surface area contributed by atoms with Crippen molar-refractivity contribution >= 4 is 23.2 Å². The van der Waals surface area contributed by atoms with E-state index in [1.165, 1.54) is 17.5 Å². The molecule has 4 heterocycles. The van der Waals surface area contributed by atoms with Gasteiger partial charge in [0.05, 0.1) is 23.7 Å². The maximum Gasteiger partial charge on any atom is 0.266 e. The van der Waals surface area contributed by atoms with Crippen molar-refractivity contribution in [2.24, 2.45) is 5.73 Å². The number of aromatic nitrogens is 2. The standard InChI is InChI=1S/C16H18N4O3S/c17-15(21)10-8-18-14-9-19(5-6-20(10)14)16(22)13-4-3-12(24-13)11-2-1-7-23-11/h3-4,8,11H,1-2,5-7,9H2,(H2,17,21)/t11-/m0/s1. The van der Waals surface area contributed by atoms with Crippen LogP contribution in [-0.2, 0) is 17.8 Å². The highest BCUT2D eigenvalue weighted by Gasteiger charge is 2.27. The van der Waals surface area contributed by atoms with E-state index < -0.39 is 5.91 Å². The summed E-state index contributed by atoms with van der Waals surface area (Å²) < 4.78 is 7.47. The lowest BCUT2D eigenvalue weighted by Crippen LogP contribution is -2.39. The molecule has 7 nitrogen and oxygen atoms in total. The van der Waals surface area contributed by atoms with E-state index in [4.69, 9.17) is 10.5 Å². The molecule has 2 aliphatic heterocycles. The number of rotatable bonds is 3. The van der Waals surface area contributed by atoms with Gasteiger partial charge in [-0.25, -0.2) is 4.98 Å². The van der Waals surface area contributed by atoms with Gasteiger partial charge in [-0.3, -0.25) is 9.59 Å². The Balaban J connectivity index is 1.50. The Morgan fingerprint density at radius 1 is 1.33 bits per heavy atom. The summed E-state index contributed by atoms with van der Waals surface area (Å²) in [5.41, 5.74) is 5.74. The van der Waals surface area contributed by atoms with Gasteiger partial charge in [0, 0.05) is 24.6 Å². The summed E-state index contributed by atoms with van der Waals surface area (Å²) in [6.45, 7) is 2.25. The lowest BCUT2D eigenvalue weighted by Gasteiger charge is -2.28. The molecule has 2 amide bonds. The van der Waals surface area contributed by atoms with Crippen molar-refractivity contribution in [2.75, 3.05) is 13.2 Å². The highest BCUT2D eigenvalue weighted by Crippen LogP contribution is 2.34. The first kappa shape index (κ1) is 15.3. The molecule has 0 radical (unpaired) electrons. The second kappa shape index (κ2) is 6.03. The fourth-order valence-electron chi connectivity index (χ4n) is 3.23. The fraction of sp³-hybridized carbons (Fsp3) is 0.438. The van der Waals surface area contributed by atoms with Gasteiger partial charge in [-0.05, 0) is 25.0 Å². The molecule has 2 aromatic rings. The van der Waals surface area contributed by atoms with E-state index >= 15 is 0 Å². The summed E-state index contributed by atoms with van der Waals surface area (Å²) in [5.74, 6) is 0.200. The number of nitrogens with two attached hydrogens (primary N) is 1. The number of amides is 2. The molecule has 1 atom stereocenters. The second-order valence-electron chi connectivity index (χ2n) is 6.01. The fourth-order valence-corrected chi connectivity index (χ4v) is 4.29. The molecule has 0 unspecified atom stereocenters. The van der Waals surface area contributed by atoms with Gasteiger partial charge in [0.15, 0.2) is 0 Å². The third kappa shape index (κ3) is 2.61. The third-order valence-electron chi connectivity index (χ3n) is 4.49. The van der Waals surface area contributed by atoms with Crippen LogP contribution in [0.5, 0.6) is 0 Å². The van der Waals surface area contributed by atoms with Gasteiger partial charge < -0.3 is 19.9 Å². The average molecular weight is 346 g/mol. The number of fused-ring (bicyclic) bond motifs is 1. The average Bonchev–Trinajstić information content (AvgIpc) is 3.31. The van der Waals surface area contributed by atoms with Crippen molar-refractivity contribution in [2.45, 2.75) is 32.0 Å². The van der Waals surface area contributed by atoms with E-state index in [0.29, 0.717) is 31.2 Å². The number of thiophene rings is 1. The number of nitrogens with zero attached hydrogens (tertiary/aromatic N) is 3. The minimum absolute atomic E-state index is 0.000813. The minimum Gasteiger partial charge on any atom is -0.373 e. The monoisotopic (exact) mass is 346 g/mol. The SMILES string of the molecule is NC(=O)c1cnc2n1CCN(C(=O)c1ccc([C@@H]3CCCO3)s1)C2. The van der Waals surface area contributed by atoms with Crippen LogP contribution in [-0.4, -0.2) is 39.4 Å². The molecule has 0 aromatic carbocycles. The van der Waals surface area contributed by atoms with Crippen molar-refractivity contribution in [1.29, 1.82) is 0 Å². The Morgan fingerprint density at radius 3 is 2.96 bits per heavy atom. The molecular weight excluding hydrogens is 328 g/mol. The van der Waals surface area contributed by atoms with Gasteiger partial charge in [-0.15, -0.1) is 11.3 Å². The summed E-state index contributed by atoms with van der Waals surface area (Å²) in [7, 11) is 0. The van der Waals surface area contributed by atoms with Crippen molar-refractivity contribution < 1.29 is 14.3 Å². The Kier molecular flexibility index (Phi) is 3.85. The van der Waals surface area contributed by atoms with Crippen molar-refractivity contribution in [3.63, 3.8) is 0 Å². The molecule has 2 N–H and O–H groups in total. The normalized spacial score (nSPS) is 20.2. The Hall–Kier alpha value is -2.19. The van der Waals surface area contributed by atoms with Crippen LogP contribution < -0.4 is 5.73 Å². The van der Waals surface area contributed by atoms with Gasteiger partial charge in [0.2, 0.25) is 0 Å². The molecule has 0 spiro atoms. The molecule has 0 aliphatic carbocycles. The number of primary amides is 1. The van der Waals surface area contributed by atoms with Gasteiger partial charge in [-0.1, -0.05) is 0 Å². The smallest absolute Gasteiger partial charge is 0.266 e. The summed E-state index contributed by atoms with van der Waals surface area (Å²) in [5, 5.41) is 0. The highest BCUT2D eigenvalue weighted by atomic mass is 32.1. The van der Waals surface area contributed by atoms with E-state index in [-0.39, 0.29) is 12.0 Å². The lowest BCUT2D eigenvalue weighted by atomic mass is 10.2. The number of imidazole rings is 1. The number of hydrogen-bond acceptors (Lipinski definition) is 5. The first-order valence-corrected chi connectivity index (χ1v) is 8.80. The highest BCUT2D eigenvalue weighted by molar-refractivity contribution is 7.14. The summed E-state index contributed by atoms with van der Waals surface area (Å²) in [4.78, 5) is 31.9. The van der Waals surface area contributed by atoms with Gasteiger partial charge >= 0.3 is 0 Å². The van der Waals surface area contributed by atoms with Crippen LogP contribution in [0.25, 0.3) is 0 Å². The van der Waals surface area contributed by atoms with Crippen molar-refractivity contribution in [3.8, 4) is 0 Å². The van der Waals surface area contributed by atoms with Crippen LogP contribution in [0.4, 0.5) is 0 Å². The zero-order chi connectivity index (χ0) is 16.7. The molecule has 4 rings (SSSR count). The second-order valence-corrected chi connectivity index (χ2v) is 7.12. The predicted octanol–water partition coefficient (Wildman–Crippen LogP) is 1.55. The zero-order valence-corrected chi connectivity index (χ0v) is 13.9. The molecule has 1 fully saturated rings. The van der Waals surface area contributed by atoms with E-state index in [0.717, 1.165) is 29.2 Å². The molecular formula is C16H18N4O3S. The zero-order valence-electron chi connectivity index (χ0n) is 13.1. The summed E-state index contributed by atoms with van der Waals surface area (Å²) >= 11 is 1.51. The topological polar surface area (TPSA) is 90.5 Å². The van der Waals surface area contributed by atoms with Crippen LogP contribution in [0.2, 0.25) is 0 Å². The van der Waals surface area contributed by atoms with Crippen LogP contribution in [0.15, 0.2) is 18.3 Å². The molecule has 24 heavy (non-hydrogen) atoms. The van der Waals surface area contributed by atoms with Crippen LogP contribution in [0.3, 0.4) is 0 Å². The molecule has 126 valence electrons. The Morgan fingerprint density at radius 2 is 2.21 bits per heavy atom. The largest absolute Gasteiger partial charge is 0.373 e. The number of ether oxygens (including phenoxy) is 1. The van der Waals surface area contributed by atoms with Crippen molar-refractivity contribution in [3.05, 3.63) is 39.6 Å². The molecule has 0 saturated carbocycles. The van der Waals surface area contributed by atoms with E-state index in [1.807, 2.05) is 12.1 Å². The predicted molar refractivity (Wildman–Crippen MR) is 87.7 cm³/mol. The Labute approximate surface area is 143 Å². The van der Waals surface area contributed by atoms with Crippen LogP contribution >= 0.6 is 11.3 Å². The van der Waals surface area contributed by atoms with Gasteiger partial charge in [-0.2, -0.15) is 0 Å². The minimum atomic E-state index is -0.493. The van der Waals surface area contributed by atoms with Gasteiger partial charge in [0.1, 0.15) is 11.5 Å². The lowest BCUT2D eigenvalue weighted by molar-refractivity contribution is 0.0711. The number of carbonyl (C=O) groups excluding carboxylic acids is 2. The molecule has 8 heteroatoms. The summed E-state index contributed by atoms with van der Waals surface area (Å²) in [6.07, 6.45) is 3.70. The third-order valence-corrected chi connectivity index (χ3v) is 5.65. The van der Waals surface area contributed by atoms with E-state index in [9.17, 15) is 9.59 Å². The van der Waals surface area contributed by atoms with Crippen molar-refractivity contribution in [1.82, 2.24) is 14.5 Å². The van der Waals surface area contributed by atoms with Crippen LogP contribution in [0, 0.1) is 0 Å². The van der Waals surface area contributed by atoms with E-state index in [2.05, 4.69) is 4.98 Å². The quantitative estimate of drug-likeness (QED) is 0.913. The number of carbonyl (C=O) groups is 2. The maximum atomic E-state index is 12.7. The first-order valence-electron chi connectivity index (χ1n) is 7.98. The molecule has 2 aliphatic rings. The Bertz CT molecular complexity index is 791. The molecule has 1 saturated heterocycles. The van der Waals surface area contributed by atoms with Crippen LogP contribution in [0.1, 0.15) is 49.8 Å². The number of hydrogen-bond donors (Lipinski definition) is 1. The first-order chi connectivity index (χ1) is 11.6. The maximum absolute atomic E-state index is 12.7.